The predicted octanol–water partition coefficient (Wildman–Crippen LogP) is 5.53. The van der Waals surface area contributed by atoms with Crippen molar-refractivity contribution < 1.29 is 46.2 Å². The second kappa shape index (κ2) is 15.4. The summed E-state index contributed by atoms with van der Waals surface area (Å²) < 4.78 is 13.5. The molecule has 5 N–H and O–H groups in total. The Hall–Kier alpha value is -2.39. The van der Waals surface area contributed by atoms with Gasteiger partial charge in [-0.2, -0.15) is 0 Å². The number of hydrogen-bond donors (Lipinski definition) is 5. The van der Waals surface area contributed by atoms with Crippen molar-refractivity contribution in [3.8, 4) is 23.0 Å². The summed E-state index contributed by atoms with van der Waals surface area (Å²) in [6, 6.07) is 9.26. The first-order valence-corrected chi connectivity index (χ1v) is 15.6. The third kappa shape index (κ3) is 8.37. The molecule has 9 heteroatoms. The van der Waals surface area contributed by atoms with Crippen molar-refractivity contribution in [2.45, 2.75) is 77.0 Å². The van der Waals surface area contributed by atoms with Crippen LogP contribution in [0, 0.1) is 17.8 Å². The average molecular weight is 620 g/mol. The van der Waals surface area contributed by atoms with Gasteiger partial charge in [-0.3, -0.25) is 4.99 Å². The van der Waals surface area contributed by atoms with E-state index in [4.69, 9.17) is 13.5 Å². The van der Waals surface area contributed by atoms with E-state index in [9.17, 15) is 15.3 Å². The van der Waals surface area contributed by atoms with Gasteiger partial charge in [-0.25, -0.2) is 0 Å². The van der Waals surface area contributed by atoms with Gasteiger partial charge in [0.15, 0.2) is 23.0 Å². The first kappa shape index (κ1) is 34.1. The standard InChI is InChI=1S/C20H28O2.C13H20N2O3.O.V/c1-19(2,3)15-7-16(18(22)17(21)8-15)20-9-12-4-13(10-20)6-14(5-12)11-20;1-2-18-12-5-3-4-11(13(12)17)10-15-7-6-14-8-9-16;;/h7-8,12-14,21-22H,4-6,9-11H2,1-3H3;3-5,10,14,16-17H,2,6-9H2,1H3;;. The van der Waals surface area contributed by atoms with Crippen LogP contribution >= 0.6 is 0 Å². The summed E-state index contributed by atoms with van der Waals surface area (Å²) in [7, 11) is 0. The Labute approximate surface area is 259 Å². The van der Waals surface area contributed by atoms with Crippen LogP contribution in [-0.2, 0) is 31.9 Å². The van der Waals surface area contributed by atoms with E-state index >= 15 is 0 Å². The Bertz CT molecular complexity index is 1160. The Balaban J connectivity index is 0.000000223. The van der Waals surface area contributed by atoms with Crippen LogP contribution in [0.5, 0.6) is 23.0 Å². The van der Waals surface area contributed by atoms with Gasteiger partial charge in [0.2, 0.25) is 0 Å². The van der Waals surface area contributed by atoms with E-state index in [2.05, 4.69) is 37.1 Å². The van der Waals surface area contributed by atoms with E-state index in [1.165, 1.54) is 38.5 Å². The molecule has 8 nitrogen and oxygen atoms in total. The minimum atomic E-state index is -0.0117. The van der Waals surface area contributed by atoms with E-state index < -0.39 is 0 Å². The number of aliphatic hydroxyl groups is 1. The average Bonchev–Trinajstić information content (AvgIpc) is 2.94. The first-order chi connectivity index (χ1) is 20.1. The molecule has 0 unspecified atom stereocenters. The maximum absolute atomic E-state index is 10.6. The van der Waals surface area contributed by atoms with Gasteiger partial charge in [0.25, 0.3) is 0 Å². The van der Waals surface area contributed by atoms with Crippen molar-refractivity contribution in [2.75, 3.05) is 32.8 Å². The molecule has 0 aliphatic heterocycles. The van der Waals surface area contributed by atoms with Crippen molar-refractivity contribution in [3.05, 3.63) is 47.0 Å². The molecule has 0 amide bonds. The number of phenolic OH excluding ortho intramolecular Hbond substituents is 3. The molecule has 0 saturated heterocycles. The summed E-state index contributed by atoms with van der Waals surface area (Å²) in [5, 5.41) is 42.4. The molecule has 0 aromatic heterocycles. The molecule has 42 heavy (non-hydrogen) atoms. The van der Waals surface area contributed by atoms with Gasteiger partial charge in [-0.05, 0) is 97.8 Å². The molecule has 231 valence electrons. The SMILES string of the molecule is CC(C)(C)c1cc(O)c(O)c(C23CC4CC(CC(C4)C2)C3)c1.CCOc1cccc(C=NCCNCCO)c1O.[O]=[V]. The molecule has 2 aromatic carbocycles. The second-order valence-electron chi connectivity index (χ2n) is 13.0. The fraction of sp³-hybridized carbons (Fsp3) is 0.606. The summed E-state index contributed by atoms with van der Waals surface area (Å²) in [5.74, 6) is 3.32. The van der Waals surface area contributed by atoms with Gasteiger partial charge in [-0.1, -0.05) is 32.9 Å². The number of benzene rings is 2. The van der Waals surface area contributed by atoms with Crippen LogP contribution in [0.2, 0.25) is 0 Å². The number of phenols is 3. The number of hydrogen-bond acceptors (Lipinski definition) is 8. The van der Waals surface area contributed by atoms with E-state index in [1.807, 2.05) is 13.0 Å². The van der Waals surface area contributed by atoms with Gasteiger partial charge >= 0.3 is 21.0 Å². The van der Waals surface area contributed by atoms with E-state index in [0.717, 1.165) is 46.2 Å². The van der Waals surface area contributed by atoms with Crippen molar-refractivity contribution in [3.63, 3.8) is 0 Å². The summed E-state index contributed by atoms with van der Waals surface area (Å²) in [4.78, 5) is 4.19. The number of aliphatic hydroxyl groups excluding tert-OH is 1. The normalized spacial score (nSPS) is 24.0. The number of nitrogens with zero attached hydrogens (tertiary/aromatic N) is 1. The molecule has 4 fully saturated rings. The van der Waals surface area contributed by atoms with Gasteiger partial charge in [0.05, 0.1) is 19.8 Å². The van der Waals surface area contributed by atoms with Crippen LogP contribution in [0.4, 0.5) is 0 Å². The van der Waals surface area contributed by atoms with Crippen LogP contribution in [0.1, 0.15) is 82.9 Å². The molecule has 4 aliphatic rings. The van der Waals surface area contributed by atoms with Gasteiger partial charge in [0, 0.05) is 30.4 Å². The molecule has 4 aliphatic carbocycles. The third-order valence-electron chi connectivity index (χ3n) is 8.83. The monoisotopic (exact) mass is 619 g/mol. The Kier molecular flexibility index (Phi) is 12.5. The second-order valence-corrected chi connectivity index (χ2v) is 13.0. The number of rotatable bonds is 9. The topological polar surface area (TPSA) is 132 Å². The summed E-state index contributed by atoms with van der Waals surface area (Å²) >= 11 is 1.06. The van der Waals surface area contributed by atoms with Crippen LogP contribution in [0.15, 0.2) is 35.3 Å². The number of ether oxygens (including phenoxy) is 1. The van der Waals surface area contributed by atoms with Gasteiger partial charge < -0.3 is 30.5 Å². The fourth-order valence-corrected chi connectivity index (χ4v) is 7.32. The molecule has 4 bridgehead atoms. The van der Waals surface area contributed by atoms with E-state index in [0.29, 0.717) is 37.6 Å². The van der Waals surface area contributed by atoms with Crippen molar-refractivity contribution in [2.24, 2.45) is 22.7 Å². The summed E-state index contributed by atoms with van der Waals surface area (Å²) in [6.45, 7) is 10.9. The maximum atomic E-state index is 10.6. The minimum absolute atomic E-state index is 0.0117. The predicted molar refractivity (Wildman–Crippen MR) is 161 cm³/mol. The fourth-order valence-electron chi connectivity index (χ4n) is 7.32. The number of aromatic hydroxyl groups is 3. The van der Waals surface area contributed by atoms with Gasteiger partial charge in [-0.15, -0.1) is 0 Å². The zero-order chi connectivity index (χ0) is 30.9. The Morgan fingerprint density at radius 1 is 1.00 bits per heavy atom. The molecule has 2 aromatic rings. The van der Waals surface area contributed by atoms with Crippen LogP contribution in [0.3, 0.4) is 0 Å². The molecule has 6 rings (SSSR count). The third-order valence-corrected chi connectivity index (χ3v) is 8.83. The van der Waals surface area contributed by atoms with Crippen LogP contribution in [0.25, 0.3) is 0 Å². The molecule has 0 atom stereocenters. The molecule has 4 saturated carbocycles. The van der Waals surface area contributed by atoms with E-state index in [1.54, 1.807) is 24.4 Å². The quantitative estimate of drug-likeness (QED) is 0.142. The van der Waals surface area contributed by atoms with Crippen molar-refractivity contribution in [1.82, 2.24) is 5.32 Å². The van der Waals surface area contributed by atoms with Crippen molar-refractivity contribution >= 4 is 6.21 Å². The molecular formula is C33H48N2O6V. The molecule has 0 spiro atoms. The van der Waals surface area contributed by atoms with Crippen molar-refractivity contribution in [1.29, 1.82) is 0 Å². The number of nitrogens with one attached hydrogen (secondary N) is 1. The van der Waals surface area contributed by atoms with Crippen LogP contribution in [-0.4, -0.2) is 59.5 Å². The zero-order valence-corrected chi connectivity index (χ0v) is 26.9. The van der Waals surface area contributed by atoms with Gasteiger partial charge in [0.1, 0.15) is 0 Å². The Morgan fingerprint density at radius 2 is 1.62 bits per heavy atom. The molecule has 0 heterocycles. The summed E-state index contributed by atoms with van der Waals surface area (Å²) in [5.41, 5.74) is 2.92. The molecule has 0 radical (unpaired) electrons. The first-order valence-electron chi connectivity index (χ1n) is 15.1. The van der Waals surface area contributed by atoms with Crippen LogP contribution < -0.4 is 10.1 Å². The van der Waals surface area contributed by atoms with E-state index in [-0.39, 0.29) is 34.7 Å². The zero-order valence-electron chi connectivity index (χ0n) is 25.5. The number of aliphatic imine (C=N–C) groups is 1. The molecular weight excluding hydrogens is 571 g/mol. The number of para-hydroxylation sites is 1. The Morgan fingerprint density at radius 3 is 2.17 bits per heavy atom. The summed E-state index contributed by atoms with van der Waals surface area (Å²) in [6.07, 6.45) is 9.43.